The highest BCUT2D eigenvalue weighted by Gasteiger charge is 2.12. The van der Waals surface area contributed by atoms with E-state index in [1.165, 1.54) is 18.2 Å². The molecule has 0 spiro atoms. The summed E-state index contributed by atoms with van der Waals surface area (Å²) in [6, 6.07) is 13.2. The zero-order valence-electron chi connectivity index (χ0n) is 13.7. The number of H-pyrrole nitrogens is 1. The van der Waals surface area contributed by atoms with E-state index in [1.54, 1.807) is 12.3 Å². The van der Waals surface area contributed by atoms with E-state index in [0.29, 0.717) is 0 Å². The molecule has 130 valence electrons. The molecule has 6 heteroatoms. The zero-order chi connectivity index (χ0) is 18.1. The van der Waals surface area contributed by atoms with Gasteiger partial charge in [-0.3, -0.25) is 0 Å². The monoisotopic (exact) mass is 351 g/mol. The van der Waals surface area contributed by atoms with Crippen molar-refractivity contribution in [2.45, 2.75) is 6.61 Å². The van der Waals surface area contributed by atoms with Crippen molar-refractivity contribution < 1.29 is 13.5 Å². The maximum atomic E-state index is 13.8. The third kappa shape index (κ3) is 2.86. The molecule has 2 aromatic heterocycles. The predicted molar refractivity (Wildman–Crippen MR) is 96.6 cm³/mol. The third-order valence-corrected chi connectivity index (χ3v) is 4.22. The molecule has 3 N–H and O–H groups in total. The highest BCUT2D eigenvalue weighted by molar-refractivity contribution is 5.95. The number of nitrogens with one attached hydrogen (secondary N) is 1. The molecule has 0 aliphatic heterocycles. The minimum absolute atomic E-state index is 0.148. The SMILES string of the molecule is Nc1ncc(-c2cccc3[nH]ccc23)cc1OCc1c(F)cccc1F. The second-order valence-corrected chi connectivity index (χ2v) is 5.84. The number of ether oxygens (including phenoxy) is 1. The fraction of sp³-hybridized carbons (Fsp3) is 0.0500. The molecule has 2 heterocycles. The maximum Gasteiger partial charge on any atom is 0.166 e. The van der Waals surface area contributed by atoms with Gasteiger partial charge in [-0.2, -0.15) is 0 Å². The molecule has 0 radical (unpaired) electrons. The first kappa shape index (κ1) is 16.1. The molecule has 0 saturated heterocycles. The van der Waals surface area contributed by atoms with Crippen molar-refractivity contribution in [3.05, 3.63) is 78.1 Å². The lowest BCUT2D eigenvalue weighted by Gasteiger charge is -2.12. The summed E-state index contributed by atoms with van der Waals surface area (Å²) in [6.07, 6.45) is 3.50. The Kier molecular flexibility index (Phi) is 4.01. The first-order chi connectivity index (χ1) is 12.6. The molecule has 0 amide bonds. The quantitative estimate of drug-likeness (QED) is 0.562. The molecule has 26 heavy (non-hydrogen) atoms. The Bertz CT molecular complexity index is 1070. The van der Waals surface area contributed by atoms with Crippen LogP contribution in [0, 0.1) is 11.6 Å². The standard InChI is InChI=1S/C20H15F2N3O/c21-16-4-2-5-17(22)15(16)11-26-19-9-12(10-25-20(19)23)13-3-1-6-18-14(13)7-8-24-18/h1-10,24H,11H2,(H2,23,25). The fourth-order valence-corrected chi connectivity index (χ4v) is 2.88. The average Bonchev–Trinajstić information content (AvgIpc) is 3.11. The lowest BCUT2D eigenvalue weighted by molar-refractivity contribution is 0.293. The molecular weight excluding hydrogens is 336 g/mol. The Morgan fingerprint density at radius 2 is 1.81 bits per heavy atom. The summed E-state index contributed by atoms with van der Waals surface area (Å²) in [4.78, 5) is 7.31. The smallest absolute Gasteiger partial charge is 0.166 e. The molecular formula is C20H15F2N3O. The van der Waals surface area contributed by atoms with Crippen LogP contribution in [0.25, 0.3) is 22.0 Å². The van der Waals surface area contributed by atoms with Crippen LogP contribution < -0.4 is 10.5 Å². The summed E-state index contributed by atoms with van der Waals surface area (Å²) < 4.78 is 33.1. The summed E-state index contributed by atoms with van der Waals surface area (Å²) in [6.45, 7) is -0.276. The second kappa shape index (κ2) is 6.48. The average molecular weight is 351 g/mol. The van der Waals surface area contributed by atoms with Crippen LogP contribution in [0.5, 0.6) is 5.75 Å². The third-order valence-electron chi connectivity index (χ3n) is 4.22. The lowest BCUT2D eigenvalue weighted by atomic mass is 10.0. The van der Waals surface area contributed by atoms with Crippen molar-refractivity contribution in [1.82, 2.24) is 9.97 Å². The Hall–Kier alpha value is -3.41. The van der Waals surface area contributed by atoms with Crippen LogP contribution in [0.1, 0.15) is 5.56 Å². The number of aromatic nitrogens is 2. The number of nitrogens with zero attached hydrogens (tertiary/aromatic N) is 1. The van der Waals surface area contributed by atoms with Gasteiger partial charge in [0.05, 0.1) is 5.56 Å². The number of hydrogen-bond donors (Lipinski definition) is 2. The number of benzene rings is 2. The highest BCUT2D eigenvalue weighted by atomic mass is 19.1. The van der Waals surface area contributed by atoms with Crippen LogP contribution in [0.4, 0.5) is 14.6 Å². The van der Waals surface area contributed by atoms with Crippen molar-refractivity contribution in [3.8, 4) is 16.9 Å². The van der Waals surface area contributed by atoms with Gasteiger partial charge in [0.2, 0.25) is 0 Å². The van der Waals surface area contributed by atoms with Gasteiger partial charge in [-0.1, -0.05) is 18.2 Å². The molecule has 0 fully saturated rings. The fourth-order valence-electron chi connectivity index (χ4n) is 2.88. The van der Waals surface area contributed by atoms with Gasteiger partial charge in [0.15, 0.2) is 11.6 Å². The number of rotatable bonds is 4. The number of pyridine rings is 1. The van der Waals surface area contributed by atoms with Gasteiger partial charge in [0.25, 0.3) is 0 Å². The van der Waals surface area contributed by atoms with Crippen LogP contribution in [-0.4, -0.2) is 9.97 Å². The van der Waals surface area contributed by atoms with E-state index in [9.17, 15) is 8.78 Å². The van der Waals surface area contributed by atoms with Gasteiger partial charge < -0.3 is 15.5 Å². The molecule has 0 bridgehead atoms. The molecule has 0 saturated carbocycles. The Morgan fingerprint density at radius 3 is 2.62 bits per heavy atom. The number of aromatic amines is 1. The first-order valence-corrected chi connectivity index (χ1v) is 8.01. The number of hydrogen-bond acceptors (Lipinski definition) is 3. The number of fused-ring (bicyclic) bond motifs is 1. The summed E-state index contributed by atoms with van der Waals surface area (Å²) in [5.41, 5.74) is 8.47. The maximum absolute atomic E-state index is 13.8. The minimum Gasteiger partial charge on any atom is -0.485 e. The van der Waals surface area contributed by atoms with E-state index in [2.05, 4.69) is 9.97 Å². The van der Waals surface area contributed by atoms with E-state index < -0.39 is 11.6 Å². The van der Waals surface area contributed by atoms with Crippen LogP contribution in [0.15, 0.2) is 60.9 Å². The Balaban J connectivity index is 1.68. The second-order valence-electron chi connectivity index (χ2n) is 5.84. The minimum atomic E-state index is -0.662. The number of nitrogen functional groups attached to an aromatic ring is 1. The van der Waals surface area contributed by atoms with Gasteiger partial charge in [-0.15, -0.1) is 0 Å². The molecule has 0 unspecified atom stereocenters. The Morgan fingerprint density at radius 1 is 1.04 bits per heavy atom. The van der Waals surface area contributed by atoms with Crippen LogP contribution in [0.3, 0.4) is 0 Å². The van der Waals surface area contributed by atoms with E-state index in [0.717, 1.165) is 22.0 Å². The van der Waals surface area contributed by atoms with Crippen molar-refractivity contribution >= 4 is 16.7 Å². The topological polar surface area (TPSA) is 63.9 Å². The van der Waals surface area contributed by atoms with Crippen molar-refractivity contribution in [2.75, 3.05) is 5.73 Å². The van der Waals surface area contributed by atoms with Gasteiger partial charge in [-0.25, -0.2) is 13.8 Å². The number of anilines is 1. The van der Waals surface area contributed by atoms with Crippen molar-refractivity contribution in [1.29, 1.82) is 0 Å². The summed E-state index contributed by atoms with van der Waals surface area (Å²) in [7, 11) is 0. The highest BCUT2D eigenvalue weighted by Crippen LogP contribution is 2.32. The number of nitrogens with two attached hydrogens (primary N) is 1. The molecule has 0 aliphatic carbocycles. The van der Waals surface area contributed by atoms with Gasteiger partial charge in [0, 0.05) is 28.9 Å². The van der Waals surface area contributed by atoms with Crippen LogP contribution in [0.2, 0.25) is 0 Å². The van der Waals surface area contributed by atoms with E-state index >= 15 is 0 Å². The summed E-state index contributed by atoms with van der Waals surface area (Å²) >= 11 is 0. The van der Waals surface area contributed by atoms with Gasteiger partial charge in [0.1, 0.15) is 18.2 Å². The van der Waals surface area contributed by atoms with E-state index in [-0.39, 0.29) is 23.7 Å². The molecule has 4 aromatic rings. The normalized spacial score (nSPS) is 11.0. The van der Waals surface area contributed by atoms with Crippen molar-refractivity contribution in [3.63, 3.8) is 0 Å². The van der Waals surface area contributed by atoms with Crippen molar-refractivity contribution in [2.24, 2.45) is 0 Å². The molecule has 2 aromatic carbocycles. The molecule has 0 atom stereocenters. The summed E-state index contributed by atoms with van der Waals surface area (Å²) in [5.74, 6) is -0.890. The zero-order valence-corrected chi connectivity index (χ0v) is 13.7. The summed E-state index contributed by atoms with van der Waals surface area (Å²) in [5, 5.41) is 1.03. The van der Waals surface area contributed by atoms with Crippen LogP contribution >= 0.6 is 0 Å². The molecule has 0 aliphatic rings. The Labute approximate surface area is 148 Å². The van der Waals surface area contributed by atoms with E-state index in [1.807, 2.05) is 30.5 Å². The number of halogens is 2. The molecule has 4 rings (SSSR count). The van der Waals surface area contributed by atoms with E-state index in [4.69, 9.17) is 10.5 Å². The lowest BCUT2D eigenvalue weighted by Crippen LogP contribution is -2.04. The van der Waals surface area contributed by atoms with Crippen LogP contribution in [-0.2, 0) is 6.61 Å². The first-order valence-electron chi connectivity index (χ1n) is 8.01. The molecule has 4 nitrogen and oxygen atoms in total. The predicted octanol–water partition coefficient (Wildman–Crippen LogP) is 4.67. The van der Waals surface area contributed by atoms with Gasteiger partial charge in [-0.05, 0) is 35.9 Å². The largest absolute Gasteiger partial charge is 0.485 e. The van der Waals surface area contributed by atoms with Gasteiger partial charge >= 0.3 is 0 Å².